The molecule has 3 rings (SSSR count). The molecule has 30 heavy (non-hydrogen) atoms. The van der Waals surface area contributed by atoms with E-state index in [1.54, 1.807) is 0 Å². The Balaban J connectivity index is 0.000000343. The molecule has 0 radical (unpaired) electrons. The zero-order valence-corrected chi connectivity index (χ0v) is 19.7. The molecule has 8 heteroatoms. The third-order valence-corrected chi connectivity index (χ3v) is 12.5. The van der Waals surface area contributed by atoms with Gasteiger partial charge >= 0.3 is 146 Å². The van der Waals surface area contributed by atoms with Crippen LogP contribution in [0.2, 0.25) is 0 Å². The molecular weight excluding hydrogens is 520 g/mol. The molecule has 0 spiro atoms. The van der Waals surface area contributed by atoms with Gasteiger partial charge in [-0.2, -0.15) is 13.2 Å². The van der Waals surface area contributed by atoms with E-state index in [0.29, 0.717) is 0 Å². The average molecular weight is 541 g/mol. The molecule has 158 valence electrons. The predicted octanol–water partition coefficient (Wildman–Crippen LogP) is 4.88. The quantitative estimate of drug-likeness (QED) is 0.254. The number of hydrogen-bond acceptors (Lipinski definition) is 3. The fourth-order valence-corrected chi connectivity index (χ4v) is 10.9. The van der Waals surface area contributed by atoms with E-state index in [0.717, 1.165) is 0 Å². The summed E-state index contributed by atoms with van der Waals surface area (Å²) in [6, 6.07) is 33.1. The minimum atomic E-state index is -6.09. The SMILES string of the molecule is O=S(=O)([O-])C(F)(F)F.c1ccc([CH2][Sn+]([CH2]c2ccccc2)[CH2]c2ccccc2)cc1. The van der Waals surface area contributed by atoms with Crippen LogP contribution >= 0.6 is 0 Å². The number of halogens is 3. The van der Waals surface area contributed by atoms with Crippen LogP contribution in [0, 0.1) is 0 Å². The molecule has 0 N–H and O–H groups in total. The Morgan fingerprint density at radius 1 is 0.633 bits per heavy atom. The van der Waals surface area contributed by atoms with E-state index in [1.807, 2.05) is 0 Å². The van der Waals surface area contributed by atoms with E-state index in [9.17, 15) is 13.2 Å². The van der Waals surface area contributed by atoms with Crippen LogP contribution in [0.1, 0.15) is 16.7 Å². The molecule has 0 bridgehead atoms. The fraction of sp³-hybridized carbons (Fsp3) is 0.182. The van der Waals surface area contributed by atoms with Crippen LogP contribution in [0.25, 0.3) is 0 Å². The summed E-state index contributed by atoms with van der Waals surface area (Å²) < 4.78 is 62.9. The Bertz CT molecular complexity index is 882. The van der Waals surface area contributed by atoms with Crippen molar-refractivity contribution in [3.8, 4) is 0 Å². The van der Waals surface area contributed by atoms with Gasteiger partial charge in [-0.25, -0.2) is 8.42 Å². The van der Waals surface area contributed by atoms with Crippen LogP contribution in [0.15, 0.2) is 91.0 Å². The van der Waals surface area contributed by atoms with Crippen molar-refractivity contribution in [3.05, 3.63) is 108 Å². The Labute approximate surface area is 182 Å². The summed E-state index contributed by atoms with van der Waals surface area (Å²) in [4.78, 5) is 0. The second kappa shape index (κ2) is 11.5. The third kappa shape index (κ3) is 8.89. The van der Waals surface area contributed by atoms with Gasteiger partial charge in [-0.3, -0.25) is 0 Å². The molecule has 3 aromatic rings. The summed E-state index contributed by atoms with van der Waals surface area (Å²) in [6.07, 6.45) is 0. The first-order valence-electron chi connectivity index (χ1n) is 9.12. The van der Waals surface area contributed by atoms with Gasteiger partial charge < -0.3 is 4.55 Å². The average Bonchev–Trinajstić information content (AvgIpc) is 2.69. The second-order valence-corrected chi connectivity index (χ2v) is 15.3. The van der Waals surface area contributed by atoms with Crippen molar-refractivity contribution in [1.29, 1.82) is 0 Å². The van der Waals surface area contributed by atoms with Crippen molar-refractivity contribution in [2.45, 2.75) is 18.8 Å². The van der Waals surface area contributed by atoms with Crippen LogP contribution in [-0.2, 0) is 23.4 Å². The maximum atomic E-state index is 10.7. The predicted molar refractivity (Wildman–Crippen MR) is 112 cm³/mol. The Morgan fingerprint density at radius 2 is 0.867 bits per heavy atom. The Morgan fingerprint density at radius 3 is 1.07 bits per heavy atom. The molecular formula is C22H21F3O3SSn. The van der Waals surface area contributed by atoms with E-state index in [-0.39, 0.29) is 0 Å². The van der Waals surface area contributed by atoms with E-state index in [4.69, 9.17) is 13.0 Å². The van der Waals surface area contributed by atoms with Crippen LogP contribution < -0.4 is 0 Å². The van der Waals surface area contributed by atoms with Crippen LogP contribution in [0.4, 0.5) is 13.2 Å². The van der Waals surface area contributed by atoms with Crippen LogP contribution in [0.5, 0.6) is 0 Å². The number of benzene rings is 3. The van der Waals surface area contributed by atoms with Gasteiger partial charge in [0.2, 0.25) is 0 Å². The summed E-state index contributed by atoms with van der Waals surface area (Å²) in [5, 5.41) is 0. The molecule has 0 unspecified atom stereocenters. The first kappa shape index (κ1) is 24.4. The molecule has 0 heterocycles. The summed E-state index contributed by atoms with van der Waals surface area (Å²) in [7, 11) is -6.09. The van der Waals surface area contributed by atoms with E-state index in [2.05, 4.69) is 91.0 Å². The topological polar surface area (TPSA) is 57.2 Å². The number of hydrogen-bond donors (Lipinski definition) is 0. The van der Waals surface area contributed by atoms with Gasteiger partial charge in [0.1, 0.15) is 0 Å². The van der Waals surface area contributed by atoms with Crippen molar-refractivity contribution < 1.29 is 26.1 Å². The molecule has 3 aromatic carbocycles. The fourth-order valence-electron chi connectivity index (χ4n) is 2.84. The van der Waals surface area contributed by atoms with Crippen molar-refractivity contribution in [2.75, 3.05) is 0 Å². The van der Waals surface area contributed by atoms with Gasteiger partial charge in [0.25, 0.3) is 0 Å². The molecule has 0 amide bonds. The second-order valence-electron chi connectivity index (χ2n) is 6.64. The molecule has 0 saturated heterocycles. The summed E-state index contributed by atoms with van der Waals surface area (Å²) in [6.45, 7) is 0. The Kier molecular flexibility index (Phi) is 9.38. The van der Waals surface area contributed by atoms with Gasteiger partial charge in [-0.05, 0) is 0 Å². The van der Waals surface area contributed by atoms with Gasteiger partial charge in [0.05, 0.1) is 0 Å². The standard InChI is InChI=1S/3C7H7.CHF3O3S.Sn/c3*1-7-5-3-2-4-6-7;2-1(3,4)8(5,6)7;/h3*2-6H,1H2;(H,5,6,7);/q;;;;+1/p-1. The maximum absolute atomic E-state index is 10.7. The summed E-state index contributed by atoms with van der Waals surface area (Å²) in [5.74, 6) is 0. The van der Waals surface area contributed by atoms with E-state index < -0.39 is 35.4 Å². The normalized spacial score (nSPS) is 11.3. The molecule has 0 aliphatic rings. The molecule has 0 aromatic heterocycles. The Hall–Kier alpha value is -1.84. The summed E-state index contributed by atoms with van der Waals surface area (Å²) >= 11 is -1.56. The zero-order valence-electron chi connectivity index (χ0n) is 16.0. The van der Waals surface area contributed by atoms with E-state index in [1.165, 1.54) is 30.0 Å². The molecule has 0 fully saturated rings. The number of alkyl halides is 3. The van der Waals surface area contributed by atoms with Gasteiger partial charge in [-0.15, -0.1) is 0 Å². The van der Waals surface area contributed by atoms with Crippen molar-refractivity contribution in [3.63, 3.8) is 0 Å². The van der Waals surface area contributed by atoms with Crippen molar-refractivity contribution in [2.24, 2.45) is 0 Å². The van der Waals surface area contributed by atoms with Gasteiger partial charge in [-0.1, -0.05) is 0 Å². The summed E-state index contributed by atoms with van der Waals surface area (Å²) in [5.41, 5.74) is -1.09. The zero-order chi connectivity index (χ0) is 22.0. The number of rotatable bonds is 6. The van der Waals surface area contributed by atoms with E-state index >= 15 is 0 Å². The first-order chi connectivity index (χ1) is 14.1. The molecule has 0 saturated carbocycles. The van der Waals surface area contributed by atoms with Crippen molar-refractivity contribution in [1.82, 2.24) is 0 Å². The molecule has 0 aliphatic heterocycles. The van der Waals surface area contributed by atoms with Crippen LogP contribution in [-0.4, -0.2) is 38.2 Å². The van der Waals surface area contributed by atoms with Gasteiger partial charge in [0, 0.05) is 0 Å². The van der Waals surface area contributed by atoms with Crippen molar-refractivity contribution >= 4 is 29.9 Å². The monoisotopic (exact) mass is 542 g/mol. The minimum absolute atomic E-state index is 1.33. The molecule has 3 nitrogen and oxygen atoms in total. The molecule has 0 aliphatic carbocycles. The first-order valence-corrected chi connectivity index (χ1v) is 16.6. The third-order valence-electron chi connectivity index (χ3n) is 4.17. The van der Waals surface area contributed by atoms with Crippen LogP contribution in [0.3, 0.4) is 0 Å². The molecule has 0 atom stereocenters. The van der Waals surface area contributed by atoms with Gasteiger partial charge in [0.15, 0.2) is 10.1 Å².